The van der Waals surface area contributed by atoms with Crippen molar-refractivity contribution in [2.75, 3.05) is 34.2 Å². The molecule has 0 spiro atoms. The molecular weight excluding hydrogens is 356 g/mol. The summed E-state index contributed by atoms with van der Waals surface area (Å²) in [5, 5.41) is 9.25. The molecular formula is C14H23BrN2O3S. The zero-order chi connectivity index (χ0) is 16.2. The summed E-state index contributed by atoms with van der Waals surface area (Å²) in [5.41, 5.74) is 1.24. The summed E-state index contributed by atoms with van der Waals surface area (Å²) in [6, 6.07) is 3.28. The van der Waals surface area contributed by atoms with E-state index in [9.17, 15) is 13.5 Å². The lowest BCUT2D eigenvalue weighted by Crippen LogP contribution is -2.30. The van der Waals surface area contributed by atoms with Gasteiger partial charge in [-0.15, -0.1) is 0 Å². The quantitative estimate of drug-likeness (QED) is 0.785. The molecule has 21 heavy (non-hydrogen) atoms. The highest BCUT2D eigenvalue weighted by Crippen LogP contribution is 2.27. The van der Waals surface area contributed by atoms with Gasteiger partial charge in [0.05, 0.1) is 11.5 Å². The molecule has 0 saturated heterocycles. The summed E-state index contributed by atoms with van der Waals surface area (Å²) in [6.07, 6.45) is 0.767. The van der Waals surface area contributed by atoms with Crippen LogP contribution >= 0.6 is 15.9 Å². The first-order valence-electron chi connectivity index (χ1n) is 6.71. The van der Waals surface area contributed by atoms with Crippen LogP contribution in [0.25, 0.3) is 0 Å². The predicted octanol–water partition coefficient (Wildman–Crippen LogP) is 1.82. The summed E-state index contributed by atoms with van der Waals surface area (Å²) >= 11 is 3.35. The molecule has 0 saturated carbocycles. The highest BCUT2D eigenvalue weighted by atomic mass is 79.9. The summed E-state index contributed by atoms with van der Waals surface area (Å²) in [4.78, 5) is 2.27. The Kier molecular flexibility index (Phi) is 6.80. The van der Waals surface area contributed by atoms with Gasteiger partial charge < -0.3 is 10.0 Å². The molecule has 120 valence electrons. The Morgan fingerprint density at radius 3 is 2.33 bits per heavy atom. The number of nitrogens with zero attached hydrogens (tertiary/aromatic N) is 2. The Bertz CT molecular complexity index is 588. The molecule has 1 N–H and O–H groups in total. The highest BCUT2D eigenvalue weighted by molar-refractivity contribution is 9.10. The van der Waals surface area contributed by atoms with Gasteiger partial charge in [-0.05, 0) is 57.2 Å². The Labute approximate surface area is 135 Å². The zero-order valence-electron chi connectivity index (χ0n) is 12.9. The second-order valence-electron chi connectivity index (χ2n) is 5.34. The van der Waals surface area contributed by atoms with Crippen LogP contribution in [0.1, 0.15) is 17.5 Å². The Balaban J connectivity index is 3.04. The molecule has 1 aromatic carbocycles. The maximum Gasteiger partial charge on any atom is 0.243 e. The van der Waals surface area contributed by atoms with Crippen LogP contribution in [0.3, 0.4) is 0 Å². The molecule has 0 fully saturated rings. The number of aliphatic hydroxyl groups excluding tert-OH is 1. The molecule has 7 heteroatoms. The third kappa shape index (κ3) is 4.75. The van der Waals surface area contributed by atoms with Crippen LogP contribution in [0.2, 0.25) is 0 Å². The van der Waals surface area contributed by atoms with Crippen molar-refractivity contribution >= 4 is 26.0 Å². The normalized spacial score (nSPS) is 12.4. The first-order valence-corrected chi connectivity index (χ1v) is 8.94. The van der Waals surface area contributed by atoms with E-state index >= 15 is 0 Å². The topological polar surface area (TPSA) is 60.9 Å². The monoisotopic (exact) mass is 378 g/mol. The minimum atomic E-state index is -3.55. The van der Waals surface area contributed by atoms with Gasteiger partial charge in [-0.25, -0.2) is 12.7 Å². The number of aliphatic hydroxyl groups is 1. The minimum Gasteiger partial charge on any atom is -0.392 e. The van der Waals surface area contributed by atoms with Crippen molar-refractivity contribution in [2.45, 2.75) is 24.8 Å². The van der Waals surface area contributed by atoms with Crippen molar-refractivity contribution in [1.82, 2.24) is 9.21 Å². The number of sulfonamides is 1. The Morgan fingerprint density at radius 1 is 1.19 bits per heavy atom. The largest absolute Gasteiger partial charge is 0.392 e. The first kappa shape index (κ1) is 18.6. The van der Waals surface area contributed by atoms with Crippen LogP contribution < -0.4 is 0 Å². The average Bonchev–Trinajstić information content (AvgIpc) is 2.40. The smallest absolute Gasteiger partial charge is 0.243 e. The van der Waals surface area contributed by atoms with Gasteiger partial charge in [0.25, 0.3) is 0 Å². The van der Waals surface area contributed by atoms with Gasteiger partial charge in [-0.2, -0.15) is 0 Å². The van der Waals surface area contributed by atoms with E-state index in [1.165, 1.54) is 10.4 Å². The molecule has 0 unspecified atom stereocenters. The van der Waals surface area contributed by atoms with Crippen LogP contribution in [-0.4, -0.2) is 57.0 Å². The molecule has 0 bridgehead atoms. The van der Waals surface area contributed by atoms with E-state index in [2.05, 4.69) is 15.9 Å². The van der Waals surface area contributed by atoms with Crippen LogP contribution in [-0.2, 0) is 16.6 Å². The minimum absolute atomic E-state index is 0.189. The van der Waals surface area contributed by atoms with Gasteiger partial charge in [0.15, 0.2) is 0 Å². The van der Waals surface area contributed by atoms with E-state index in [-0.39, 0.29) is 11.5 Å². The molecule has 0 atom stereocenters. The van der Waals surface area contributed by atoms with E-state index in [1.807, 2.05) is 19.0 Å². The third-order valence-corrected chi connectivity index (χ3v) is 6.11. The Morgan fingerprint density at radius 2 is 1.81 bits per heavy atom. The lowest BCUT2D eigenvalue weighted by Gasteiger charge is -2.20. The van der Waals surface area contributed by atoms with E-state index in [0.29, 0.717) is 22.1 Å². The molecule has 0 aliphatic carbocycles. The molecule has 0 radical (unpaired) electrons. The standard InChI is InChI=1S/C14H23BrN2O3S/c1-11-13(15)8-12(10-18)9-14(11)21(19,20)17(4)7-5-6-16(2)3/h8-9,18H,5-7,10H2,1-4H3. The number of hydrogen-bond acceptors (Lipinski definition) is 4. The number of halogens is 1. The lowest BCUT2D eigenvalue weighted by atomic mass is 10.2. The molecule has 1 rings (SSSR count). The Hall–Kier alpha value is -0.470. The summed E-state index contributed by atoms with van der Waals surface area (Å²) < 4.78 is 27.4. The van der Waals surface area contributed by atoms with Gasteiger partial charge >= 0.3 is 0 Å². The fraction of sp³-hybridized carbons (Fsp3) is 0.571. The van der Waals surface area contributed by atoms with Gasteiger partial charge in [0.2, 0.25) is 10.0 Å². The van der Waals surface area contributed by atoms with Gasteiger partial charge in [-0.3, -0.25) is 0 Å². The van der Waals surface area contributed by atoms with Crippen molar-refractivity contribution in [3.63, 3.8) is 0 Å². The molecule has 0 amide bonds. The van der Waals surface area contributed by atoms with E-state index in [1.54, 1.807) is 20.0 Å². The average molecular weight is 379 g/mol. The SMILES string of the molecule is Cc1c(Br)cc(CO)cc1S(=O)(=O)N(C)CCCN(C)C. The fourth-order valence-electron chi connectivity index (χ4n) is 1.96. The second-order valence-corrected chi connectivity index (χ2v) is 8.21. The van der Waals surface area contributed by atoms with Crippen LogP contribution in [0.15, 0.2) is 21.5 Å². The first-order chi connectivity index (χ1) is 9.70. The van der Waals surface area contributed by atoms with Gasteiger partial charge in [-0.1, -0.05) is 15.9 Å². The maximum atomic E-state index is 12.7. The van der Waals surface area contributed by atoms with Crippen molar-refractivity contribution in [2.24, 2.45) is 0 Å². The summed E-state index contributed by atoms with van der Waals surface area (Å²) in [5.74, 6) is 0. The molecule has 0 heterocycles. The lowest BCUT2D eigenvalue weighted by molar-refractivity contribution is 0.281. The number of rotatable bonds is 7. The molecule has 1 aromatic rings. The maximum absolute atomic E-state index is 12.7. The van der Waals surface area contributed by atoms with Crippen molar-refractivity contribution in [3.8, 4) is 0 Å². The van der Waals surface area contributed by atoms with E-state index in [4.69, 9.17) is 0 Å². The summed E-state index contributed by atoms with van der Waals surface area (Å²) in [6.45, 7) is 2.86. The van der Waals surface area contributed by atoms with E-state index in [0.717, 1.165) is 13.0 Å². The molecule has 0 aliphatic heterocycles. The number of benzene rings is 1. The van der Waals surface area contributed by atoms with Crippen molar-refractivity contribution in [3.05, 3.63) is 27.7 Å². The second kappa shape index (κ2) is 7.69. The van der Waals surface area contributed by atoms with Crippen molar-refractivity contribution < 1.29 is 13.5 Å². The highest BCUT2D eigenvalue weighted by Gasteiger charge is 2.24. The van der Waals surface area contributed by atoms with Crippen LogP contribution in [0, 0.1) is 6.92 Å². The fourth-order valence-corrected chi connectivity index (χ4v) is 4.11. The molecule has 0 aromatic heterocycles. The third-order valence-electron chi connectivity index (χ3n) is 3.31. The van der Waals surface area contributed by atoms with Crippen LogP contribution in [0.4, 0.5) is 0 Å². The van der Waals surface area contributed by atoms with Crippen LogP contribution in [0.5, 0.6) is 0 Å². The van der Waals surface area contributed by atoms with Gasteiger partial charge in [0.1, 0.15) is 0 Å². The van der Waals surface area contributed by atoms with Crippen molar-refractivity contribution in [1.29, 1.82) is 0 Å². The van der Waals surface area contributed by atoms with E-state index < -0.39 is 10.0 Å². The zero-order valence-corrected chi connectivity index (χ0v) is 15.3. The van der Waals surface area contributed by atoms with Gasteiger partial charge in [0, 0.05) is 18.1 Å². The molecule has 0 aliphatic rings. The predicted molar refractivity (Wildman–Crippen MR) is 87.8 cm³/mol. The summed E-state index contributed by atoms with van der Waals surface area (Å²) in [7, 11) is 1.96. The number of hydrogen-bond donors (Lipinski definition) is 1. The molecule has 5 nitrogen and oxygen atoms in total.